The Labute approximate surface area is 170 Å². The minimum atomic E-state index is -0.566. The number of nitrogens with one attached hydrogen (secondary N) is 2. The molecular formula is C21H24N2O4S. The van der Waals surface area contributed by atoms with Crippen LogP contribution in [0.4, 0.5) is 10.5 Å². The van der Waals surface area contributed by atoms with Gasteiger partial charge in [-0.05, 0) is 56.7 Å². The van der Waals surface area contributed by atoms with Crippen LogP contribution in [0.5, 0.6) is 17.2 Å². The molecule has 7 heteroatoms. The highest BCUT2D eigenvalue weighted by atomic mass is 32.1. The fourth-order valence-electron chi connectivity index (χ4n) is 2.82. The molecule has 0 aromatic heterocycles. The highest BCUT2D eigenvalue weighted by molar-refractivity contribution is 7.80. The number of carbonyl (C=O) groups is 1. The number of thiocarbonyl (C=S) groups is 1. The molecule has 0 bridgehead atoms. The normalized spacial score (nSPS) is 15.9. The molecule has 6 nitrogen and oxygen atoms in total. The topological polar surface area (TPSA) is 68.8 Å². The Morgan fingerprint density at radius 3 is 2.57 bits per heavy atom. The van der Waals surface area contributed by atoms with Gasteiger partial charge in [-0.15, -0.1) is 0 Å². The zero-order chi connectivity index (χ0) is 20.3. The van der Waals surface area contributed by atoms with Crippen LogP contribution in [0.3, 0.4) is 0 Å². The molecule has 148 valence electrons. The highest BCUT2D eigenvalue weighted by Gasteiger charge is 2.27. The highest BCUT2D eigenvalue weighted by Crippen LogP contribution is 2.31. The Morgan fingerprint density at radius 2 is 1.86 bits per heavy atom. The third-order valence-corrected chi connectivity index (χ3v) is 4.43. The minimum Gasteiger partial charge on any atom is -0.497 e. The van der Waals surface area contributed by atoms with Gasteiger partial charge in [0, 0.05) is 18.2 Å². The van der Waals surface area contributed by atoms with E-state index in [1.165, 1.54) is 0 Å². The number of rotatable bonds is 4. The number of methoxy groups -OCH3 is 1. The summed E-state index contributed by atoms with van der Waals surface area (Å²) in [6.45, 7) is 5.46. The predicted octanol–water partition coefficient (Wildman–Crippen LogP) is 4.68. The molecule has 0 saturated carbocycles. The number of anilines is 1. The zero-order valence-corrected chi connectivity index (χ0v) is 17.2. The number of hydrogen-bond acceptors (Lipinski definition) is 5. The van der Waals surface area contributed by atoms with Crippen LogP contribution in [-0.2, 0) is 11.2 Å². The van der Waals surface area contributed by atoms with Crippen LogP contribution in [0.15, 0.2) is 42.5 Å². The molecule has 2 N–H and O–H groups in total. The van der Waals surface area contributed by atoms with Gasteiger partial charge in [0.25, 0.3) is 0 Å². The molecule has 2 aromatic rings. The van der Waals surface area contributed by atoms with Gasteiger partial charge in [-0.25, -0.2) is 4.79 Å². The van der Waals surface area contributed by atoms with E-state index in [0.29, 0.717) is 22.9 Å². The van der Waals surface area contributed by atoms with Crippen LogP contribution in [-0.4, -0.2) is 29.8 Å². The van der Waals surface area contributed by atoms with Crippen LogP contribution >= 0.6 is 12.2 Å². The summed E-state index contributed by atoms with van der Waals surface area (Å²) in [4.78, 5) is 12.7. The van der Waals surface area contributed by atoms with E-state index in [2.05, 4.69) is 10.6 Å². The average Bonchev–Trinajstić information content (AvgIpc) is 2.61. The quantitative estimate of drug-likeness (QED) is 0.727. The molecule has 1 heterocycles. The number of benzene rings is 2. The summed E-state index contributed by atoms with van der Waals surface area (Å²) < 4.78 is 16.5. The summed E-state index contributed by atoms with van der Waals surface area (Å²) in [6, 6.07) is 12.8. The lowest BCUT2D eigenvalue weighted by atomic mass is 9.99. The lowest BCUT2D eigenvalue weighted by molar-refractivity contribution is 0.0518. The van der Waals surface area contributed by atoms with E-state index in [1.54, 1.807) is 7.11 Å². The lowest BCUT2D eigenvalue weighted by Gasteiger charge is -2.29. The molecule has 1 aliphatic heterocycles. The van der Waals surface area contributed by atoms with Crippen molar-refractivity contribution in [1.29, 1.82) is 0 Å². The van der Waals surface area contributed by atoms with Crippen LogP contribution in [0.25, 0.3) is 0 Å². The molecule has 0 spiro atoms. The summed E-state index contributed by atoms with van der Waals surface area (Å²) in [5.74, 6) is 2.10. The first-order valence-corrected chi connectivity index (χ1v) is 9.39. The zero-order valence-electron chi connectivity index (χ0n) is 16.4. The van der Waals surface area contributed by atoms with Gasteiger partial charge in [-0.3, -0.25) is 0 Å². The van der Waals surface area contributed by atoms with Crippen molar-refractivity contribution in [1.82, 2.24) is 5.32 Å². The Bertz CT molecular complexity index is 892. The Balaban J connectivity index is 1.72. The maximum absolute atomic E-state index is 12.1. The van der Waals surface area contributed by atoms with Crippen molar-refractivity contribution in [3.8, 4) is 17.2 Å². The second kappa shape index (κ2) is 8.06. The van der Waals surface area contributed by atoms with Crippen LogP contribution in [0.2, 0.25) is 0 Å². The molecule has 0 radical (unpaired) electrons. The van der Waals surface area contributed by atoms with Crippen molar-refractivity contribution >= 4 is 29.0 Å². The number of fused-ring (bicyclic) bond motifs is 1. The van der Waals surface area contributed by atoms with Crippen molar-refractivity contribution in [3.05, 3.63) is 48.0 Å². The van der Waals surface area contributed by atoms with Crippen LogP contribution in [0, 0.1) is 0 Å². The molecule has 1 amide bonds. The summed E-state index contributed by atoms with van der Waals surface area (Å²) in [5.41, 5.74) is 1.34. The van der Waals surface area contributed by atoms with Crippen molar-refractivity contribution < 1.29 is 19.0 Å². The van der Waals surface area contributed by atoms with E-state index in [-0.39, 0.29) is 6.04 Å². The molecular weight excluding hydrogens is 376 g/mol. The van der Waals surface area contributed by atoms with Crippen LogP contribution in [0.1, 0.15) is 26.3 Å². The van der Waals surface area contributed by atoms with Gasteiger partial charge in [0.2, 0.25) is 0 Å². The van der Waals surface area contributed by atoms with Crippen molar-refractivity contribution in [2.75, 3.05) is 12.4 Å². The third-order valence-electron chi connectivity index (χ3n) is 4.04. The Hall–Kier alpha value is -2.80. The molecule has 3 rings (SSSR count). The van der Waals surface area contributed by atoms with Gasteiger partial charge in [0.1, 0.15) is 27.8 Å². The number of amides is 1. The molecule has 2 aromatic carbocycles. The maximum Gasteiger partial charge on any atom is 0.408 e. The van der Waals surface area contributed by atoms with Gasteiger partial charge in [-0.2, -0.15) is 0 Å². The van der Waals surface area contributed by atoms with E-state index >= 15 is 0 Å². The van der Waals surface area contributed by atoms with E-state index in [0.717, 1.165) is 17.0 Å². The van der Waals surface area contributed by atoms with Gasteiger partial charge in [-0.1, -0.05) is 18.3 Å². The summed E-state index contributed by atoms with van der Waals surface area (Å²) in [7, 11) is 1.62. The number of carbonyl (C=O) groups excluding carboxylic acids is 1. The van der Waals surface area contributed by atoms with Gasteiger partial charge in [0.05, 0.1) is 13.2 Å². The molecule has 0 saturated heterocycles. The van der Waals surface area contributed by atoms with E-state index in [1.807, 2.05) is 63.2 Å². The molecule has 0 aliphatic carbocycles. The van der Waals surface area contributed by atoms with E-state index in [4.69, 9.17) is 26.4 Å². The van der Waals surface area contributed by atoms with Gasteiger partial charge < -0.3 is 24.8 Å². The molecule has 1 aliphatic rings. The molecule has 1 atom stereocenters. The van der Waals surface area contributed by atoms with Crippen molar-refractivity contribution in [2.45, 2.75) is 38.8 Å². The Kier molecular flexibility index (Phi) is 5.74. The largest absolute Gasteiger partial charge is 0.497 e. The van der Waals surface area contributed by atoms with E-state index in [9.17, 15) is 4.79 Å². The summed E-state index contributed by atoms with van der Waals surface area (Å²) >= 11 is 5.40. The van der Waals surface area contributed by atoms with Crippen molar-refractivity contribution in [2.24, 2.45) is 0 Å². The second-order valence-electron chi connectivity index (χ2n) is 7.49. The predicted molar refractivity (Wildman–Crippen MR) is 113 cm³/mol. The first-order valence-electron chi connectivity index (χ1n) is 8.99. The summed E-state index contributed by atoms with van der Waals surface area (Å²) in [5, 5.41) is 6.00. The minimum absolute atomic E-state index is 0.343. The molecule has 0 fully saturated rings. The first-order chi connectivity index (χ1) is 13.2. The standard InChI is InChI=1S/C21H24N2O4S/c1-21(2,3)27-20(24)23-18-11-13-10-16(8-9-17(13)22-19(18)28)26-15-7-5-6-14(12-15)25-4/h5-10,12,18H,11H2,1-4H3,(H,22,28)(H,23,24)/t18-/m1/s1. The molecule has 28 heavy (non-hydrogen) atoms. The number of alkyl carbamates (subject to hydrolysis) is 1. The second-order valence-corrected chi connectivity index (χ2v) is 7.93. The first kappa shape index (κ1) is 19.9. The maximum atomic E-state index is 12.1. The van der Waals surface area contributed by atoms with Crippen LogP contribution < -0.4 is 20.1 Å². The van der Waals surface area contributed by atoms with Gasteiger partial charge >= 0.3 is 6.09 Å². The monoisotopic (exact) mass is 400 g/mol. The fourth-order valence-corrected chi connectivity index (χ4v) is 3.08. The smallest absolute Gasteiger partial charge is 0.408 e. The SMILES string of the molecule is COc1cccc(Oc2ccc3c(c2)C[C@@H](NC(=O)OC(C)(C)C)C(=S)N3)c1. The third kappa shape index (κ3) is 5.13. The average molecular weight is 401 g/mol. The lowest BCUT2D eigenvalue weighted by Crippen LogP contribution is -2.48. The summed E-state index contributed by atoms with van der Waals surface area (Å²) in [6.07, 6.45) is 0.0595. The van der Waals surface area contributed by atoms with Gasteiger partial charge in [0.15, 0.2) is 0 Å². The van der Waals surface area contributed by atoms with E-state index < -0.39 is 11.7 Å². The fraction of sp³-hybridized carbons (Fsp3) is 0.333. The number of ether oxygens (including phenoxy) is 3. The van der Waals surface area contributed by atoms with Crippen molar-refractivity contribution in [3.63, 3.8) is 0 Å². The number of hydrogen-bond donors (Lipinski definition) is 2. The Morgan fingerprint density at radius 1 is 1.14 bits per heavy atom. The molecule has 0 unspecified atom stereocenters.